The number of aromatic nitrogens is 1. The first-order valence-electron chi connectivity index (χ1n) is 9.45. The Morgan fingerprint density at radius 3 is 2.24 bits per heavy atom. The lowest BCUT2D eigenvalue weighted by Crippen LogP contribution is -2.43. The van der Waals surface area contributed by atoms with Crippen molar-refractivity contribution in [3.05, 3.63) is 83.9 Å². The molecule has 4 rings (SSSR count). The van der Waals surface area contributed by atoms with Crippen molar-refractivity contribution < 1.29 is 35.1 Å². The summed E-state index contributed by atoms with van der Waals surface area (Å²) in [5, 5.41) is 4.08. The summed E-state index contributed by atoms with van der Waals surface area (Å²) >= 11 is 0. The van der Waals surface area contributed by atoms with Crippen LogP contribution in [0, 0.1) is 17.5 Å². The van der Waals surface area contributed by atoms with E-state index in [1.54, 1.807) is 6.07 Å². The van der Waals surface area contributed by atoms with Crippen molar-refractivity contribution in [2.24, 2.45) is 5.10 Å². The van der Waals surface area contributed by atoms with Gasteiger partial charge < -0.3 is 0 Å². The number of anilines is 1. The van der Waals surface area contributed by atoms with E-state index in [0.29, 0.717) is 22.2 Å². The summed E-state index contributed by atoms with van der Waals surface area (Å²) in [4.78, 5) is 3.72. The number of rotatable bonds is 4. The summed E-state index contributed by atoms with van der Waals surface area (Å²) in [5.41, 5.74) is -1.06. The van der Waals surface area contributed by atoms with Gasteiger partial charge in [0.15, 0.2) is 5.82 Å². The van der Waals surface area contributed by atoms with E-state index in [1.807, 2.05) is 0 Å². The molecule has 3 nitrogen and oxygen atoms in total. The van der Waals surface area contributed by atoms with Crippen LogP contribution < -0.4 is 5.01 Å². The number of hydrogen-bond donors (Lipinski definition) is 0. The summed E-state index contributed by atoms with van der Waals surface area (Å²) in [6.07, 6.45) is -4.48. The fourth-order valence-electron chi connectivity index (χ4n) is 3.51. The molecule has 1 atom stereocenters. The molecule has 0 saturated carbocycles. The van der Waals surface area contributed by atoms with E-state index in [9.17, 15) is 35.1 Å². The average molecular weight is 471 g/mol. The van der Waals surface area contributed by atoms with Crippen molar-refractivity contribution in [1.29, 1.82) is 0 Å². The van der Waals surface area contributed by atoms with Crippen molar-refractivity contribution in [1.82, 2.24) is 4.98 Å². The Balaban J connectivity index is 1.80. The summed E-state index contributed by atoms with van der Waals surface area (Å²) in [6, 6.07) is 8.00. The van der Waals surface area contributed by atoms with E-state index in [2.05, 4.69) is 10.1 Å². The molecule has 0 aliphatic carbocycles. The number of alkyl halides is 5. The lowest BCUT2D eigenvalue weighted by atomic mass is 9.95. The number of hydrogen-bond acceptors (Lipinski definition) is 3. The fraction of sp³-hybridized carbons (Fsp3) is 0.182. The van der Waals surface area contributed by atoms with Crippen molar-refractivity contribution in [2.45, 2.75) is 24.6 Å². The van der Waals surface area contributed by atoms with Crippen molar-refractivity contribution in [3.63, 3.8) is 0 Å². The zero-order chi connectivity index (χ0) is 24.0. The SMILES string of the molecule is Fc1cncc(-c2cccc(C3CC(C(F)(F)C(F)(F)F)=NN3c3ccc(F)cc3F)c2)c1. The molecule has 3 aromatic rings. The number of nitrogens with zero attached hydrogens (tertiary/aromatic N) is 3. The number of pyridine rings is 1. The largest absolute Gasteiger partial charge is 0.459 e. The molecule has 1 unspecified atom stereocenters. The van der Waals surface area contributed by atoms with E-state index in [-0.39, 0.29) is 5.56 Å². The van der Waals surface area contributed by atoms with Crippen LogP contribution in [0.15, 0.2) is 66.0 Å². The van der Waals surface area contributed by atoms with Crippen LogP contribution in [0.3, 0.4) is 0 Å². The van der Waals surface area contributed by atoms with E-state index in [1.165, 1.54) is 24.4 Å². The molecule has 33 heavy (non-hydrogen) atoms. The average Bonchev–Trinajstić information content (AvgIpc) is 3.19. The second kappa shape index (κ2) is 8.13. The molecule has 0 amide bonds. The van der Waals surface area contributed by atoms with Gasteiger partial charge in [-0.25, -0.2) is 13.2 Å². The van der Waals surface area contributed by atoms with Crippen LogP contribution in [-0.4, -0.2) is 22.8 Å². The van der Waals surface area contributed by atoms with Crippen molar-refractivity contribution >= 4 is 11.4 Å². The number of benzene rings is 2. The third-order valence-corrected chi connectivity index (χ3v) is 5.09. The Morgan fingerprint density at radius 1 is 0.818 bits per heavy atom. The van der Waals surface area contributed by atoms with E-state index in [4.69, 9.17) is 0 Å². The highest BCUT2D eigenvalue weighted by molar-refractivity contribution is 5.95. The van der Waals surface area contributed by atoms with Crippen LogP contribution in [0.2, 0.25) is 0 Å². The zero-order valence-corrected chi connectivity index (χ0v) is 16.4. The molecule has 1 aliphatic rings. The smallest absolute Gasteiger partial charge is 0.261 e. The lowest BCUT2D eigenvalue weighted by molar-refractivity contribution is -0.249. The van der Waals surface area contributed by atoms with Crippen LogP contribution in [0.5, 0.6) is 0 Å². The highest BCUT2D eigenvalue weighted by atomic mass is 19.4. The van der Waals surface area contributed by atoms with Gasteiger partial charge in [0.2, 0.25) is 0 Å². The normalized spacial score (nSPS) is 16.8. The number of hydrazone groups is 1. The molecule has 0 saturated heterocycles. The van der Waals surface area contributed by atoms with Crippen LogP contribution in [0.4, 0.5) is 40.8 Å². The van der Waals surface area contributed by atoms with Gasteiger partial charge in [-0.3, -0.25) is 9.99 Å². The third-order valence-electron chi connectivity index (χ3n) is 5.09. The molecular weight excluding hydrogens is 458 g/mol. The molecule has 172 valence electrons. The topological polar surface area (TPSA) is 28.5 Å². The predicted molar refractivity (Wildman–Crippen MR) is 104 cm³/mol. The molecule has 0 radical (unpaired) electrons. The monoisotopic (exact) mass is 471 g/mol. The third kappa shape index (κ3) is 4.27. The first-order valence-corrected chi connectivity index (χ1v) is 9.45. The first kappa shape index (κ1) is 22.7. The maximum absolute atomic E-state index is 14.4. The Labute approximate surface area is 182 Å². The lowest BCUT2D eigenvalue weighted by Gasteiger charge is -2.25. The standard InChI is InChI=1S/C22H13F8N3/c23-15-4-5-18(17(25)8-15)33-19(9-20(32-33)21(26,27)22(28,29)30)13-3-1-2-12(6-13)14-7-16(24)11-31-10-14/h1-8,10-11,19H,9H2. The minimum Gasteiger partial charge on any atom is -0.261 e. The summed E-state index contributed by atoms with van der Waals surface area (Å²) < 4.78 is 108. The van der Waals surface area contributed by atoms with Gasteiger partial charge in [-0.05, 0) is 35.4 Å². The molecule has 0 bridgehead atoms. The summed E-state index contributed by atoms with van der Waals surface area (Å²) in [7, 11) is 0. The minimum absolute atomic E-state index is 0.206. The van der Waals surface area contributed by atoms with E-state index in [0.717, 1.165) is 24.4 Å². The molecule has 1 aliphatic heterocycles. The highest BCUT2D eigenvalue weighted by Gasteiger charge is 2.63. The molecule has 0 N–H and O–H groups in total. The van der Waals surface area contributed by atoms with Crippen molar-refractivity contribution in [2.75, 3.05) is 5.01 Å². The highest BCUT2D eigenvalue weighted by Crippen LogP contribution is 2.45. The van der Waals surface area contributed by atoms with Crippen LogP contribution in [0.25, 0.3) is 11.1 Å². The van der Waals surface area contributed by atoms with Gasteiger partial charge in [0.05, 0.1) is 17.9 Å². The fourth-order valence-corrected chi connectivity index (χ4v) is 3.51. The second-order valence-corrected chi connectivity index (χ2v) is 7.30. The van der Waals surface area contributed by atoms with Gasteiger partial charge in [0, 0.05) is 24.2 Å². The molecule has 11 heteroatoms. The molecule has 2 aromatic carbocycles. The summed E-state index contributed by atoms with van der Waals surface area (Å²) in [6.45, 7) is 0. The second-order valence-electron chi connectivity index (χ2n) is 7.30. The molecule has 1 aromatic heterocycles. The Morgan fingerprint density at radius 2 is 1.58 bits per heavy atom. The van der Waals surface area contributed by atoms with Crippen LogP contribution in [-0.2, 0) is 0 Å². The van der Waals surface area contributed by atoms with Crippen LogP contribution in [0.1, 0.15) is 18.0 Å². The maximum Gasteiger partial charge on any atom is 0.459 e. The van der Waals surface area contributed by atoms with Gasteiger partial charge in [-0.1, -0.05) is 18.2 Å². The van der Waals surface area contributed by atoms with Gasteiger partial charge >= 0.3 is 12.1 Å². The molecular formula is C22H13F8N3. The van der Waals surface area contributed by atoms with Crippen molar-refractivity contribution in [3.8, 4) is 11.1 Å². The van der Waals surface area contributed by atoms with Gasteiger partial charge in [-0.15, -0.1) is 0 Å². The minimum atomic E-state index is -5.91. The van der Waals surface area contributed by atoms with E-state index >= 15 is 0 Å². The maximum atomic E-state index is 14.4. The Hall–Kier alpha value is -3.50. The Kier molecular flexibility index (Phi) is 5.59. The first-order chi connectivity index (χ1) is 15.5. The quantitative estimate of drug-likeness (QED) is 0.398. The molecule has 2 heterocycles. The zero-order valence-electron chi connectivity index (χ0n) is 16.4. The number of halogens is 8. The molecule has 0 fully saturated rings. The summed E-state index contributed by atoms with van der Waals surface area (Å²) in [5.74, 6) is -8.05. The van der Waals surface area contributed by atoms with Gasteiger partial charge in [0.25, 0.3) is 0 Å². The van der Waals surface area contributed by atoms with E-state index < -0.39 is 53.4 Å². The van der Waals surface area contributed by atoms with Gasteiger partial charge in [-0.2, -0.15) is 27.1 Å². The Bertz CT molecular complexity index is 1220. The molecule has 0 spiro atoms. The van der Waals surface area contributed by atoms with Crippen LogP contribution >= 0.6 is 0 Å². The predicted octanol–water partition coefficient (Wildman–Crippen LogP) is 6.67. The van der Waals surface area contributed by atoms with Gasteiger partial charge in [0.1, 0.15) is 17.3 Å².